The van der Waals surface area contributed by atoms with Crippen LogP contribution >= 0.6 is 0 Å². The topological polar surface area (TPSA) is 66.0 Å². The van der Waals surface area contributed by atoms with Gasteiger partial charge in [0.1, 0.15) is 5.82 Å². The lowest BCUT2D eigenvalue weighted by molar-refractivity contribution is 0.425. The third-order valence-electron chi connectivity index (χ3n) is 4.11. The maximum Gasteiger partial charge on any atom is 0.225 e. The van der Waals surface area contributed by atoms with E-state index in [0.29, 0.717) is 5.95 Å². The van der Waals surface area contributed by atoms with Crippen molar-refractivity contribution < 1.29 is 0 Å². The van der Waals surface area contributed by atoms with Crippen molar-refractivity contribution in [2.75, 3.05) is 44.4 Å². The van der Waals surface area contributed by atoms with E-state index in [1.165, 1.54) is 5.56 Å². The molecule has 2 aromatic heterocycles. The molecule has 0 saturated heterocycles. The first-order valence-electron chi connectivity index (χ1n) is 9.16. The highest BCUT2D eigenvalue weighted by Gasteiger charge is 2.07. The number of rotatable bonds is 9. The molecule has 0 spiro atoms. The summed E-state index contributed by atoms with van der Waals surface area (Å²) < 4.78 is 0. The van der Waals surface area contributed by atoms with Gasteiger partial charge in [-0.3, -0.25) is 4.98 Å². The van der Waals surface area contributed by atoms with E-state index in [0.717, 1.165) is 43.1 Å². The van der Waals surface area contributed by atoms with Crippen LogP contribution in [0.5, 0.6) is 0 Å². The van der Waals surface area contributed by atoms with Crippen LogP contribution in [0.15, 0.2) is 60.9 Å². The van der Waals surface area contributed by atoms with Crippen LogP contribution in [-0.2, 0) is 6.42 Å². The van der Waals surface area contributed by atoms with Gasteiger partial charge in [0.15, 0.2) is 0 Å². The van der Waals surface area contributed by atoms with E-state index in [9.17, 15) is 0 Å². The first-order valence-corrected chi connectivity index (χ1v) is 9.16. The molecule has 27 heavy (non-hydrogen) atoms. The van der Waals surface area contributed by atoms with Gasteiger partial charge >= 0.3 is 0 Å². The number of hydrogen-bond donors (Lipinski definition) is 2. The van der Waals surface area contributed by atoms with E-state index in [1.54, 1.807) is 0 Å². The van der Waals surface area contributed by atoms with Gasteiger partial charge in [-0.05, 0) is 38.2 Å². The van der Waals surface area contributed by atoms with Crippen LogP contribution in [0.4, 0.5) is 11.8 Å². The van der Waals surface area contributed by atoms with Crippen molar-refractivity contribution in [1.82, 2.24) is 19.9 Å². The van der Waals surface area contributed by atoms with Crippen LogP contribution in [0, 0.1) is 0 Å². The lowest BCUT2D eigenvalue weighted by atomic mass is 10.1. The Hall–Kier alpha value is -2.99. The molecule has 6 heteroatoms. The van der Waals surface area contributed by atoms with Crippen LogP contribution in [0.3, 0.4) is 0 Å². The Bertz CT molecular complexity index is 821. The van der Waals surface area contributed by atoms with Gasteiger partial charge in [0.05, 0.1) is 5.69 Å². The van der Waals surface area contributed by atoms with Gasteiger partial charge in [0, 0.05) is 43.7 Å². The average molecular weight is 362 g/mol. The highest BCUT2D eigenvalue weighted by atomic mass is 15.2. The summed E-state index contributed by atoms with van der Waals surface area (Å²) in [6, 6.07) is 16.2. The lowest BCUT2D eigenvalue weighted by Crippen LogP contribution is -2.21. The molecule has 0 amide bonds. The fourth-order valence-electron chi connectivity index (χ4n) is 2.65. The Balaban J connectivity index is 1.72. The van der Waals surface area contributed by atoms with Crippen LogP contribution in [-0.4, -0.2) is 53.6 Å². The number of nitrogens with zero attached hydrogens (tertiary/aromatic N) is 4. The monoisotopic (exact) mass is 362 g/mol. The van der Waals surface area contributed by atoms with E-state index < -0.39 is 0 Å². The van der Waals surface area contributed by atoms with Crippen LogP contribution in [0.2, 0.25) is 0 Å². The zero-order valence-electron chi connectivity index (χ0n) is 15.9. The van der Waals surface area contributed by atoms with Crippen molar-refractivity contribution in [3.63, 3.8) is 0 Å². The average Bonchev–Trinajstić information content (AvgIpc) is 2.69. The lowest BCUT2D eigenvalue weighted by Gasteiger charge is -2.13. The summed E-state index contributed by atoms with van der Waals surface area (Å²) in [6.07, 6.45) is 4.55. The van der Waals surface area contributed by atoms with Crippen molar-refractivity contribution in [2.45, 2.75) is 6.42 Å². The van der Waals surface area contributed by atoms with Crippen LogP contribution in [0.1, 0.15) is 5.56 Å². The van der Waals surface area contributed by atoms with Crippen molar-refractivity contribution in [3.8, 4) is 11.3 Å². The predicted molar refractivity (Wildman–Crippen MR) is 111 cm³/mol. The Morgan fingerprint density at radius 2 is 1.67 bits per heavy atom. The second kappa shape index (κ2) is 9.64. The van der Waals surface area contributed by atoms with E-state index in [4.69, 9.17) is 0 Å². The number of pyridine rings is 1. The summed E-state index contributed by atoms with van der Waals surface area (Å²) in [5.74, 6) is 1.47. The fourth-order valence-corrected chi connectivity index (χ4v) is 2.65. The molecule has 1 aromatic carbocycles. The Labute approximate surface area is 160 Å². The van der Waals surface area contributed by atoms with Crippen molar-refractivity contribution >= 4 is 11.8 Å². The summed E-state index contributed by atoms with van der Waals surface area (Å²) in [5.41, 5.74) is 3.23. The smallest absolute Gasteiger partial charge is 0.225 e. The molecule has 0 bridgehead atoms. The normalized spacial score (nSPS) is 10.8. The van der Waals surface area contributed by atoms with Gasteiger partial charge in [0.2, 0.25) is 5.95 Å². The highest BCUT2D eigenvalue weighted by molar-refractivity contribution is 5.64. The van der Waals surface area contributed by atoms with Crippen molar-refractivity contribution in [1.29, 1.82) is 0 Å². The number of likely N-dealkylation sites (N-methyl/N-ethyl adjacent to an activating group) is 1. The standard InChI is InChI=1S/C21H26N6/c1-27(2)15-14-24-21-25-19(18-6-4-3-5-7-18)16-20(26-21)23-13-10-17-8-11-22-12-9-17/h3-9,11-12,16H,10,13-15H2,1-2H3,(H2,23,24,25,26). The second-order valence-corrected chi connectivity index (χ2v) is 6.59. The minimum atomic E-state index is 0.643. The maximum absolute atomic E-state index is 4.68. The van der Waals surface area contributed by atoms with E-state index in [-0.39, 0.29) is 0 Å². The first kappa shape index (κ1) is 18.8. The fraction of sp³-hybridized carbons (Fsp3) is 0.286. The Morgan fingerprint density at radius 1 is 0.889 bits per heavy atom. The van der Waals surface area contributed by atoms with Gasteiger partial charge in [0.25, 0.3) is 0 Å². The Kier molecular flexibility index (Phi) is 6.71. The molecule has 0 atom stereocenters. The number of hydrogen-bond acceptors (Lipinski definition) is 6. The molecular formula is C21H26N6. The molecule has 3 aromatic rings. The molecule has 2 N–H and O–H groups in total. The molecule has 0 aliphatic carbocycles. The van der Waals surface area contributed by atoms with Crippen LogP contribution < -0.4 is 10.6 Å². The van der Waals surface area contributed by atoms with E-state index >= 15 is 0 Å². The quantitative estimate of drug-likeness (QED) is 0.609. The van der Waals surface area contributed by atoms with Gasteiger partial charge in [-0.1, -0.05) is 30.3 Å². The largest absolute Gasteiger partial charge is 0.370 e. The number of aromatic nitrogens is 3. The predicted octanol–water partition coefficient (Wildman–Crippen LogP) is 3.17. The van der Waals surface area contributed by atoms with Crippen molar-refractivity contribution in [3.05, 3.63) is 66.5 Å². The summed E-state index contributed by atoms with van der Waals surface area (Å²) in [6.45, 7) is 2.51. The summed E-state index contributed by atoms with van der Waals surface area (Å²) in [4.78, 5) is 15.5. The van der Waals surface area contributed by atoms with Gasteiger partial charge < -0.3 is 15.5 Å². The summed E-state index contributed by atoms with van der Waals surface area (Å²) >= 11 is 0. The molecule has 0 saturated carbocycles. The van der Waals surface area contributed by atoms with E-state index in [1.807, 2.05) is 48.8 Å². The van der Waals surface area contributed by atoms with Crippen LogP contribution in [0.25, 0.3) is 11.3 Å². The molecule has 0 aliphatic rings. The van der Waals surface area contributed by atoms with Gasteiger partial charge in [-0.25, -0.2) is 4.98 Å². The van der Waals surface area contributed by atoms with Gasteiger partial charge in [-0.2, -0.15) is 4.98 Å². The maximum atomic E-state index is 4.68. The minimum Gasteiger partial charge on any atom is -0.370 e. The number of anilines is 2. The Morgan fingerprint density at radius 3 is 2.41 bits per heavy atom. The molecule has 0 aliphatic heterocycles. The summed E-state index contributed by atoms with van der Waals surface area (Å²) in [5, 5.41) is 6.74. The molecular weight excluding hydrogens is 336 g/mol. The molecule has 2 heterocycles. The molecule has 0 unspecified atom stereocenters. The van der Waals surface area contributed by atoms with Gasteiger partial charge in [-0.15, -0.1) is 0 Å². The van der Waals surface area contributed by atoms with E-state index in [2.05, 4.69) is 56.7 Å². The first-order chi connectivity index (χ1) is 13.2. The molecule has 140 valence electrons. The third kappa shape index (κ3) is 6.04. The second-order valence-electron chi connectivity index (χ2n) is 6.59. The SMILES string of the molecule is CN(C)CCNc1nc(NCCc2ccncc2)cc(-c2ccccc2)n1. The third-order valence-corrected chi connectivity index (χ3v) is 4.11. The zero-order valence-corrected chi connectivity index (χ0v) is 15.9. The minimum absolute atomic E-state index is 0.643. The zero-order chi connectivity index (χ0) is 18.9. The molecule has 0 radical (unpaired) electrons. The number of benzene rings is 1. The van der Waals surface area contributed by atoms with Crippen molar-refractivity contribution in [2.24, 2.45) is 0 Å². The molecule has 0 fully saturated rings. The summed E-state index contributed by atoms with van der Waals surface area (Å²) in [7, 11) is 4.10. The molecule has 3 rings (SSSR count). The number of nitrogens with one attached hydrogen (secondary N) is 2. The highest BCUT2D eigenvalue weighted by Crippen LogP contribution is 2.21. The molecule has 6 nitrogen and oxygen atoms in total.